The second-order valence-electron chi connectivity index (χ2n) is 7.69. The van der Waals surface area contributed by atoms with Crippen LogP contribution in [0.25, 0.3) is 5.57 Å². The molecular weight excluding hydrogens is 451 g/mol. The zero-order chi connectivity index (χ0) is 25.0. The minimum absolute atomic E-state index is 0.204. The lowest BCUT2D eigenvalue weighted by Crippen LogP contribution is -2.30. The first-order valence-electron chi connectivity index (χ1n) is 10.9. The molecule has 6 nitrogen and oxygen atoms in total. The van der Waals surface area contributed by atoms with Crippen LogP contribution in [0.3, 0.4) is 0 Å². The lowest BCUT2D eigenvalue weighted by Gasteiger charge is -2.26. The number of carboxylic acids is 2. The van der Waals surface area contributed by atoms with Crippen LogP contribution in [0.5, 0.6) is 5.75 Å². The number of carbonyl (C=O) groups is 2. The maximum atomic E-state index is 10.7. The Morgan fingerprint density at radius 2 is 1.74 bits per heavy atom. The van der Waals surface area contributed by atoms with E-state index in [4.69, 9.17) is 19.7 Å². The number of carboxylic acid groups (broad SMARTS) is 2. The Morgan fingerprint density at radius 1 is 1.03 bits per heavy atom. The van der Waals surface area contributed by atoms with Gasteiger partial charge < -0.3 is 14.9 Å². The first-order valence-corrected chi connectivity index (χ1v) is 10.9. The number of nitrogens with zero attached hydrogens (tertiary/aromatic N) is 1. The van der Waals surface area contributed by atoms with E-state index in [1.54, 1.807) is 0 Å². The Balaban J connectivity index is 0.000000509. The highest BCUT2D eigenvalue weighted by Crippen LogP contribution is 2.25. The number of aliphatic carboxylic acids is 2. The lowest BCUT2D eigenvalue weighted by atomic mass is 9.99. The van der Waals surface area contributed by atoms with Crippen LogP contribution in [0.2, 0.25) is 0 Å². The van der Waals surface area contributed by atoms with E-state index in [1.807, 2.05) is 18.2 Å². The predicted molar refractivity (Wildman–Crippen MR) is 122 cm³/mol. The van der Waals surface area contributed by atoms with Gasteiger partial charge in [0, 0.05) is 19.6 Å². The first-order chi connectivity index (χ1) is 16.1. The molecule has 0 fully saturated rings. The fourth-order valence-electron chi connectivity index (χ4n) is 3.33. The lowest BCUT2D eigenvalue weighted by molar-refractivity contribution is -0.192. The van der Waals surface area contributed by atoms with Crippen molar-refractivity contribution < 1.29 is 37.7 Å². The van der Waals surface area contributed by atoms with Crippen molar-refractivity contribution in [3.8, 4) is 5.75 Å². The topological polar surface area (TPSA) is 87.1 Å². The van der Waals surface area contributed by atoms with Gasteiger partial charge in [0.05, 0.1) is 13.0 Å². The van der Waals surface area contributed by atoms with E-state index >= 15 is 0 Å². The summed E-state index contributed by atoms with van der Waals surface area (Å²) in [5.41, 5.74) is 3.86. The van der Waals surface area contributed by atoms with E-state index < -0.39 is 18.1 Å². The molecular formula is C25H28F3NO5. The van der Waals surface area contributed by atoms with Gasteiger partial charge in [0.2, 0.25) is 0 Å². The maximum Gasteiger partial charge on any atom is 0.490 e. The van der Waals surface area contributed by atoms with Gasteiger partial charge in [-0.05, 0) is 48.1 Å². The van der Waals surface area contributed by atoms with E-state index in [-0.39, 0.29) is 6.42 Å². The summed E-state index contributed by atoms with van der Waals surface area (Å²) in [4.78, 5) is 21.8. The average molecular weight is 479 g/mol. The van der Waals surface area contributed by atoms with Crippen LogP contribution in [-0.4, -0.2) is 59.5 Å². The average Bonchev–Trinajstić information content (AvgIpc) is 2.81. The van der Waals surface area contributed by atoms with Crippen LogP contribution in [0.4, 0.5) is 13.2 Å². The third kappa shape index (κ3) is 10.1. The van der Waals surface area contributed by atoms with Crippen LogP contribution in [0.1, 0.15) is 30.4 Å². The minimum Gasteiger partial charge on any atom is -0.494 e. The van der Waals surface area contributed by atoms with Crippen molar-refractivity contribution in [1.29, 1.82) is 0 Å². The summed E-state index contributed by atoms with van der Waals surface area (Å²) >= 11 is 0. The molecule has 0 saturated carbocycles. The number of aryl methyl sites for hydroxylation is 1. The number of ether oxygens (including phenoxy) is 1. The van der Waals surface area contributed by atoms with Gasteiger partial charge in [0.1, 0.15) is 5.75 Å². The zero-order valence-electron chi connectivity index (χ0n) is 18.6. The standard InChI is InChI=1S/C23H27NO3.C2HF3O2/c25-23(26)13-16-24-14-11-20(12-15-24)21-9-4-10-22(18-21)27-17-5-8-19-6-2-1-3-7-19;3-2(4,5)1(6)7/h1-4,6-7,9-11,18H,5,8,12-17H2,(H,25,26);(H,6,7). The molecule has 1 heterocycles. The molecule has 2 N–H and O–H groups in total. The van der Waals surface area contributed by atoms with Crippen molar-refractivity contribution in [2.24, 2.45) is 0 Å². The van der Waals surface area contributed by atoms with Gasteiger partial charge in [-0.25, -0.2) is 4.79 Å². The normalized spacial score (nSPS) is 13.9. The van der Waals surface area contributed by atoms with Gasteiger partial charge in [-0.15, -0.1) is 0 Å². The highest BCUT2D eigenvalue weighted by Gasteiger charge is 2.38. The van der Waals surface area contributed by atoms with Crippen LogP contribution in [0.15, 0.2) is 60.7 Å². The summed E-state index contributed by atoms with van der Waals surface area (Å²) in [6, 6.07) is 18.8. The summed E-state index contributed by atoms with van der Waals surface area (Å²) in [5, 5.41) is 15.9. The van der Waals surface area contributed by atoms with E-state index in [0.717, 1.165) is 38.1 Å². The van der Waals surface area contributed by atoms with Gasteiger partial charge in [0.25, 0.3) is 0 Å². The smallest absolute Gasteiger partial charge is 0.490 e. The number of hydrogen-bond acceptors (Lipinski definition) is 4. The molecule has 2 aromatic carbocycles. The summed E-state index contributed by atoms with van der Waals surface area (Å²) in [6.07, 6.45) is 0.291. The summed E-state index contributed by atoms with van der Waals surface area (Å²) < 4.78 is 37.7. The van der Waals surface area contributed by atoms with Gasteiger partial charge in [0.15, 0.2) is 0 Å². The third-order valence-corrected chi connectivity index (χ3v) is 5.10. The molecule has 1 aliphatic rings. The van der Waals surface area contributed by atoms with Crippen molar-refractivity contribution in [3.05, 3.63) is 71.8 Å². The van der Waals surface area contributed by atoms with Gasteiger partial charge in [-0.3, -0.25) is 9.69 Å². The van der Waals surface area contributed by atoms with Crippen LogP contribution in [0, 0.1) is 0 Å². The first kappa shape index (κ1) is 26.9. The predicted octanol–water partition coefficient (Wildman–Crippen LogP) is 4.90. The molecule has 0 saturated heterocycles. The molecule has 0 amide bonds. The van der Waals surface area contributed by atoms with Gasteiger partial charge in [-0.2, -0.15) is 13.2 Å². The zero-order valence-corrected chi connectivity index (χ0v) is 18.6. The minimum atomic E-state index is -5.08. The number of alkyl halides is 3. The monoisotopic (exact) mass is 479 g/mol. The van der Waals surface area contributed by atoms with E-state index in [1.165, 1.54) is 16.7 Å². The maximum absolute atomic E-state index is 10.7. The SMILES string of the molecule is O=C(O)C(F)(F)F.O=C(O)CCN1CC=C(c2cccc(OCCCc3ccccc3)c2)CC1. The van der Waals surface area contributed by atoms with E-state index in [9.17, 15) is 18.0 Å². The fraction of sp³-hybridized carbons (Fsp3) is 0.360. The second kappa shape index (κ2) is 13.4. The molecule has 184 valence electrons. The summed E-state index contributed by atoms with van der Waals surface area (Å²) in [7, 11) is 0. The molecule has 0 radical (unpaired) electrons. The van der Waals surface area contributed by atoms with E-state index in [0.29, 0.717) is 13.2 Å². The highest BCUT2D eigenvalue weighted by molar-refractivity contribution is 5.73. The second-order valence-corrected chi connectivity index (χ2v) is 7.69. The Bertz CT molecular complexity index is 961. The number of halogens is 3. The van der Waals surface area contributed by atoms with Crippen molar-refractivity contribution in [3.63, 3.8) is 0 Å². The fourth-order valence-corrected chi connectivity index (χ4v) is 3.33. The number of benzene rings is 2. The molecule has 1 aliphatic heterocycles. The molecule has 0 spiro atoms. The van der Waals surface area contributed by atoms with Crippen molar-refractivity contribution >= 4 is 17.5 Å². The molecule has 34 heavy (non-hydrogen) atoms. The molecule has 0 bridgehead atoms. The summed E-state index contributed by atoms with van der Waals surface area (Å²) in [6.45, 7) is 3.04. The highest BCUT2D eigenvalue weighted by atomic mass is 19.4. The molecule has 9 heteroatoms. The molecule has 0 unspecified atom stereocenters. The van der Waals surface area contributed by atoms with Crippen molar-refractivity contribution in [1.82, 2.24) is 4.90 Å². The van der Waals surface area contributed by atoms with E-state index in [2.05, 4.69) is 47.4 Å². The Hall–Kier alpha value is -3.33. The van der Waals surface area contributed by atoms with Crippen LogP contribution in [-0.2, 0) is 16.0 Å². The quantitative estimate of drug-likeness (QED) is 0.498. The van der Waals surface area contributed by atoms with Crippen molar-refractivity contribution in [2.75, 3.05) is 26.2 Å². The summed E-state index contributed by atoms with van der Waals surface area (Å²) in [5.74, 6) is -2.58. The Labute approximate surface area is 196 Å². The van der Waals surface area contributed by atoms with Crippen LogP contribution < -0.4 is 4.74 Å². The molecule has 0 aliphatic carbocycles. The Kier molecular flexibility index (Phi) is 10.6. The number of rotatable bonds is 9. The van der Waals surface area contributed by atoms with Crippen molar-refractivity contribution in [2.45, 2.75) is 31.9 Å². The Morgan fingerprint density at radius 3 is 2.32 bits per heavy atom. The largest absolute Gasteiger partial charge is 0.494 e. The molecule has 0 aromatic heterocycles. The third-order valence-electron chi connectivity index (χ3n) is 5.10. The van der Waals surface area contributed by atoms with Crippen LogP contribution >= 0.6 is 0 Å². The molecule has 0 atom stereocenters. The molecule has 2 aromatic rings. The molecule has 3 rings (SSSR count). The van der Waals surface area contributed by atoms with Gasteiger partial charge >= 0.3 is 18.1 Å². The number of hydrogen-bond donors (Lipinski definition) is 2. The van der Waals surface area contributed by atoms with Gasteiger partial charge in [-0.1, -0.05) is 48.5 Å².